The lowest BCUT2D eigenvalue weighted by Gasteiger charge is -2.10. The minimum atomic E-state index is -4.55. The van der Waals surface area contributed by atoms with E-state index in [4.69, 9.17) is 5.11 Å². The molecule has 14 heavy (non-hydrogen) atoms. The quantitative estimate of drug-likeness (QED) is 0.796. The fraction of sp³-hybridized carbons (Fsp3) is 0.125. The van der Waals surface area contributed by atoms with Crippen molar-refractivity contribution in [1.29, 1.82) is 0 Å². The van der Waals surface area contributed by atoms with Crippen molar-refractivity contribution in [3.63, 3.8) is 0 Å². The summed E-state index contributed by atoms with van der Waals surface area (Å²) in [6.07, 6.45) is -4.39. The molecule has 0 saturated heterocycles. The van der Waals surface area contributed by atoms with E-state index in [9.17, 15) is 18.0 Å². The Morgan fingerprint density at radius 3 is 2.36 bits per heavy atom. The van der Waals surface area contributed by atoms with Crippen molar-refractivity contribution in [1.82, 2.24) is 0 Å². The number of alkyl halides is 3. The molecule has 0 atom stereocenters. The zero-order valence-electron chi connectivity index (χ0n) is 6.60. The maximum absolute atomic E-state index is 12.3. The number of carbonyl (C=O) groups is 1. The average Bonchev–Trinajstić information content (AvgIpc) is 2.02. The first-order valence-corrected chi connectivity index (χ1v) is 4.20. The number of aromatic hydroxyl groups is 1. The number of rotatable bonds is 1. The maximum atomic E-state index is 12.3. The molecule has 76 valence electrons. The van der Waals surface area contributed by atoms with Gasteiger partial charge in [-0.2, -0.15) is 13.2 Å². The summed E-state index contributed by atoms with van der Waals surface area (Å²) in [6, 6.07) is 1.43. The first kappa shape index (κ1) is 11.0. The van der Waals surface area contributed by atoms with Gasteiger partial charge in [-0.3, -0.25) is 4.79 Å². The summed E-state index contributed by atoms with van der Waals surface area (Å²) in [4.78, 5) is 10.3. The van der Waals surface area contributed by atoms with Crippen LogP contribution in [0, 0.1) is 0 Å². The van der Waals surface area contributed by atoms with Crippen LogP contribution < -0.4 is 0 Å². The maximum Gasteiger partial charge on any atom is 0.417 e. The smallest absolute Gasteiger partial charge is 0.417 e. The molecular weight excluding hydrogens is 265 g/mol. The van der Waals surface area contributed by atoms with Crippen LogP contribution in [0.3, 0.4) is 0 Å². The van der Waals surface area contributed by atoms with E-state index in [2.05, 4.69) is 15.9 Å². The highest BCUT2D eigenvalue weighted by atomic mass is 79.9. The molecular formula is C8H4BrF3O2. The van der Waals surface area contributed by atoms with E-state index >= 15 is 0 Å². The van der Waals surface area contributed by atoms with Gasteiger partial charge in [0.05, 0.1) is 11.1 Å². The van der Waals surface area contributed by atoms with Gasteiger partial charge in [0.25, 0.3) is 0 Å². The molecule has 6 heteroatoms. The van der Waals surface area contributed by atoms with Crippen LogP contribution in [0.4, 0.5) is 13.2 Å². The van der Waals surface area contributed by atoms with Crippen molar-refractivity contribution in [2.75, 3.05) is 0 Å². The fourth-order valence-electron chi connectivity index (χ4n) is 0.891. The van der Waals surface area contributed by atoms with Gasteiger partial charge in [0, 0.05) is 4.47 Å². The highest BCUT2D eigenvalue weighted by molar-refractivity contribution is 9.10. The van der Waals surface area contributed by atoms with Crippen LogP contribution in [0.2, 0.25) is 0 Å². The molecule has 1 aromatic carbocycles. The molecule has 0 unspecified atom stereocenters. The Morgan fingerprint density at radius 1 is 1.36 bits per heavy atom. The molecule has 0 aliphatic rings. The predicted molar refractivity (Wildman–Crippen MR) is 46.2 cm³/mol. The van der Waals surface area contributed by atoms with Crippen molar-refractivity contribution in [3.05, 3.63) is 27.7 Å². The van der Waals surface area contributed by atoms with Gasteiger partial charge in [0.2, 0.25) is 0 Å². The second kappa shape index (κ2) is 3.61. The van der Waals surface area contributed by atoms with E-state index in [0.717, 1.165) is 6.07 Å². The third-order valence-corrected chi connectivity index (χ3v) is 2.20. The third-order valence-electron chi connectivity index (χ3n) is 1.55. The average molecular weight is 269 g/mol. The van der Waals surface area contributed by atoms with Crippen LogP contribution in [-0.2, 0) is 6.18 Å². The lowest BCUT2D eigenvalue weighted by atomic mass is 10.1. The van der Waals surface area contributed by atoms with Crippen molar-refractivity contribution in [2.24, 2.45) is 0 Å². The molecule has 0 fully saturated rings. The molecule has 0 heterocycles. The molecule has 0 aliphatic carbocycles. The Bertz CT molecular complexity index is 374. The minimum Gasteiger partial charge on any atom is -0.507 e. The Labute approximate surface area is 85.5 Å². The lowest BCUT2D eigenvalue weighted by molar-refractivity contribution is -0.138. The van der Waals surface area contributed by atoms with Crippen LogP contribution in [0.25, 0.3) is 0 Å². The molecule has 0 aromatic heterocycles. The van der Waals surface area contributed by atoms with E-state index in [1.165, 1.54) is 0 Å². The normalized spacial score (nSPS) is 11.4. The minimum absolute atomic E-state index is 0.164. The zero-order chi connectivity index (χ0) is 10.9. The van der Waals surface area contributed by atoms with Crippen molar-refractivity contribution in [3.8, 4) is 5.75 Å². The highest BCUT2D eigenvalue weighted by Crippen LogP contribution is 2.37. The van der Waals surface area contributed by atoms with Gasteiger partial charge in [-0.25, -0.2) is 0 Å². The molecule has 0 saturated carbocycles. The number of carbonyl (C=O) groups excluding carboxylic acids is 1. The summed E-state index contributed by atoms with van der Waals surface area (Å²) in [5, 5.41) is 9.05. The molecule has 1 rings (SSSR count). The molecule has 1 N–H and O–H groups in total. The molecule has 0 bridgehead atoms. The summed E-state index contributed by atoms with van der Waals surface area (Å²) in [7, 11) is 0. The van der Waals surface area contributed by atoms with Crippen LogP contribution in [0.1, 0.15) is 15.9 Å². The van der Waals surface area contributed by atoms with Crippen LogP contribution in [0.15, 0.2) is 16.6 Å². The van der Waals surface area contributed by atoms with Crippen molar-refractivity contribution < 1.29 is 23.1 Å². The molecule has 1 aromatic rings. The monoisotopic (exact) mass is 268 g/mol. The number of halogens is 4. The number of benzene rings is 1. The largest absolute Gasteiger partial charge is 0.507 e. The van der Waals surface area contributed by atoms with E-state index in [1.54, 1.807) is 0 Å². The number of phenols is 1. The lowest BCUT2D eigenvalue weighted by Crippen LogP contribution is -2.06. The van der Waals surface area contributed by atoms with E-state index in [0.29, 0.717) is 6.07 Å². The molecule has 0 aliphatic heterocycles. The summed E-state index contributed by atoms with van der Waals surface area (Å²) in [6.45, 7) is 0. The Balaban J connectivity index is 3.39. The van der Waals surface area contributed by atoms with Crippen LogP contribution in [0.5, 0.6) is 5.75 Å². The van der Waals surface area contributed by atoms with E-state index in [-0.39, 0.29) is 16.3 Å². The van der Waals surface area contributed by atoms with E-state index in [1.807, 2.05) is 0 Å². The van der Waals surface area contributed by atoms with Gasteiger partial charge in [-0.1, -0.05) is 15.9 Å². The molecule has 0 spiro atoms. The second-order valence-corrected chi connectivity index (χ2v) is 3.36. The van der Waals surface area contributed by atoms with Gasteiger partial charge in [0.1, 0.15) is 5.75 Å². The number of phenolic OH excluding ortho intramolecular Hbond substituents is 1. The Hall–Kier alpha value is -1.04. The number of hydrogen-bond acceptors (Lipinski definition) is 2. The molecule has 2 nitrogen and oxygen atoms in total. The van der Waals surface area contributed by atoms with Gasteiger partial charge in [0.15, 0.2) is 6.29 Å². The van der Waals surface area contributed by atoms with Crippen molar-refractivity contribution >= 4 is 22.2 Å². The van der Waals surface area contributed by atoms with Crippen LogP contribution in [-0.4, -0.2) is 11.4 Å². The third kappa shape index (κ3) is 2.06. The topological polar surface area (TPSA) is 37.3 Å². The van der Waals surface area contributed by atoms with Crippen LogP contribution >= 0.6 is 15.9 Å². The Kier molecular flexibility index (Phi) is 2.84. The zero-order valence-corrected chi connectivity index (χ0v) is 8.19. The first-order chi connectivity index (χ1) is 6.36. The number of hydrogen-bond donors (Lipinski definition) is 1. The summed E-state index contributed by atoms with van der Waals surface area (Å²) in [5.41, 5.74) is -1.38. The van der Waals surface area contributed by atoms with Gasteiger partial charge < -0.3 is 5.11 Å². The van der Waals surface area contributed by atoms with E-state index < -0.39 is 17.5 Å². The van der Waals surface area contributed by atoms with Gasteiger partial charge in [-0.15, -0.1) is 0 Å². The summed E-state index contributed by atoms with van der Waals surface area (Å²) >= 11 is 2.65. The Morgan fingerprint density at radius 2 is 1.93 bits per heavy atom. The first-order valence-electron chi connectivity index (χ1n) is 3.41. The summed E-state index contributed by atoms with van der Waals surface area (Å²) in [5.74, 6) is -0.486. The SMILES string of the molecule is O=Cc1cc(C(F)(F)F)c(Br)cc1O. The molecule has 0 amide bonds. The second-order valence-electron chi connectivity index (χ2n) is 2.51. The fourth-order valence-corrected chi connectivity index (χ4v) is 1.45. The standard InChI is InChI=1S/C8H4BrF3O2/c9-6-2-7(14)4(3-13)1-5(6)8(10,11)12/h1-3,14H. The van der Waals surface area contributed by atoms with Gasteiger partial charge in [-0.05, 0) is 12.1 Å². The highest BCUT2D eigenvalue weighted by Gasteiger charge is 2.33. The number of aldehydes is 1. The van der Waals surface area contributed by atoms with Gasteiger partial charge >= 0.3 is 6.18 Å². The predicted octanol–water partition coefficient (Wildman–Crippen LogP) is 2.99. The summed E-state index contributed by atoms with van der Waals surface area (Å²) < 4.78 is 36.5. The molecule has 0 radical (unpaired) electrons. The van der Waals surface area contributed by atoms with Crippen molar-refractivity contribution in [2.45, 2.75) is 6.18 Å².